The van der Waals surface area contributed by atoms with Crippen molar-refractivity contribution in [1.29, 1.82) is 0 Å². The molecule has 2 heterocycles. The van der Waals surface area contributed by atoms with Gasteiger partial charge in [0.15, 0.2) is 17.5 Å². The lowest BCUT2D eigenvalue weighted by molar-refractivity contribution is 1.07. The van der Waals surface area contributed by atoms with Gasteiger partial charge in [-0.05, 0) is 47.0 Å². The Labute approximate surface area is 284 Å². The summed E-state index contributed by atoms with van der Waals surface area (Å²) in [4.78, 5) is 15.1. The predicted molar refractivity (Wildman–Crippen MR) is 201 cm³/mol. The van der Waals surface area contributed by atoms with Crippen molar-refractivity contribution in [1.82, 2.24) is 19.5 Å². The Hall–Kier alpha value is -6.65. The summed E-state index contributed by atoms with van der Waals surface area (Å²) in [6, 6.07) is 63.3. The molecule has 0 N–H and O–H groups in total. The highest BCUT2D eigenvalue weighted by Gasteiger charge is 2.19. The predicted octanol–water partition coefficient (Wildman–Crippen LogP) is 11.3. The third-order valence-corrected chi connectivity index (χ3v) is 9.06. The van der Waals surface area contributed by atoms with Crippen molar-refractivity contribution in [3.63, 3.8) is 0 Å². The number of fused-ring (bicyclic) bond motifs is 3. The molecule has 0 unspecified atom stereocenters. The van der Waals surface area contributed by atoms with Gasteiger partial charge >= 0.3 is 0 Å². The number of benzene rings is 7. The Morgan fingerprint density at radius 1 is 0.327 bits per heavy atom. The second-order valence-electron chi connectivity index (χ2n) is 12.1. The van der Waals surface area contributed by atoms with E-state index in [9.17, 15) is 0 Å². The lowest BCUT2D eigenvalue weighted by Gasteiger charge is -2.12. The third-order valence-electron chi connectivity index (χ3n) is 9.06. The number of hydrogen-bond donors (Lipinski definition) is 0. The van der Waals surface area contributed by atoms with Gasteiger partial charge in [-0.15, -0.1) is 0 Å². The lowest BCUT2D eigenvalue weighted by Crippen LogP contribution is -2.00. The van der Waals surface area contributed by atoms with E-state index in [1.54, 1.807) is 0 Å². The molecule has 0 aliphatic rings. The minimum atomic E-state index is 0.637. The molecule has 230 valence electrons. The molecular formula is C45H30N4. The Kier molecular flexibility index (Phi) is 7.10. The van der Waals surface area contributed by atoms with Crippen molar-refractivity contribution in [3.05, 3.63) is 182 Å². The molecule has 0 saturated carbocycles. The van der Waals surface area contributed by atoms with E-state index in [1.165, 1.54) is 27.6 Å². The molecule has 2 aromatic heterocycles. The van der Waals surface area contributed by atoms with Crippen LogP contribution in [0.4, 0.5) is 0 Å². The standard InChI is InChI=1S/C45H30N4/c1-5-14-31(15-6-1)32-24-26-35(27-25-32)44-46-43(34-18-9-3-10-19-34)47-45(48-44)36-28-29-41-40(30-36)39-23-13-22-38(33-16-7-2-8-17-33)42(39)49(41)37-20-11-4-12-21-37/h1-30H. The van der Waals surface area contributed by atoms with Crippen LogP contribution >= 0.6 is 0 Å². The molecule has 9 rings (SSSR count). The van der Waals surface area contributed by atoms with Crippen molar-refractivity contribution >= 4 is 21.8 Å². The van der Waals surface area contributed by atoms with Crippen LogP contribution in [0.5, 0.6) is 0 Å². The van der Waals surface area contributed by atoms with E-state index >= 15 is 0 Å². The Morgan fingerprint density at radius 3 is 1.43 bits per heavy atom. The summed E-state index contributed by atoms with van der Waals surface area (Å²) in [6.07, 6.45) is 0. The van der Waals surface area contributed by atoms with Gasteiger partial charge in [0.1, 0.15) is 0 Å². The highest BCUT2D eigenvalue weighted by molar-refractivity contribution is 6.14. The maximum Gasteiger partial charge on any atom is 0.164 e. The van der Waals surface area contributed by atoms with Gasteiger partial charge in [-0.25, -0.2) is 15.0 Å². The minimum Gasteiger partial charge on any atom is -0.309 e. The largest absolute Gasteiger partial charge is 0.309 e. The summed E-state index contributed by atoms with van der Waals surface area (Å²) in [6.45, 7) is 0. The molecule has 7 aromatic carbocycles. The smallest absolute Gasteiger partial charge is 0.164 e. The summed E-state index contributed by atoms with van der Waals surface area (Å²) < 4.78 is 2.37. The second kappa shape index (κ2) is 12.2. The summed E-state index contributed by atoms with van der Waals surface area (Å²) >= 11 is 0. The molecule has 0 aliphatic heterocycles. The van der Waals surface area contributed by atoms with Crippen molar-refractivity contribution in [3.8, 4) is 62.1 Å². The molecule has 0 aliphatic carbocycles. The van der Waals surface area contributed by atoms with Crippen LogP contribution in [0.15, 0.2) is 182 Å². The van der Waals surface area contributed by atoms with Gasteiger partial charge in [-0.2, -0.15) is 0 Å². The highest BCUT2D eigenvalue weighted by atomic mass is 15.0. The van der Waals surface area contributed by atoms with E-state index in [-0.39, 0.29) is 0 Å². The maximum absolute atomic E-state index is 5.09. The first-order valence-corrected chi connectivity index (χ1v) is 16.5. The summed E-state index contributed by atoms with van der Waals surface area (Å²) in [7, 11) is 0. The fourth-order valence-corrected chi connectivity index (χ4v) is 6.70. The van der Waals surface area contributed by atoms with E-state index in [4.69, 9.17) is 15.0 Å². The number of hydrogen-bond acceptors (Lipinski definition) is 3. The monoisotopic (exact) mass is 626 g/mol. The Bertz CT molecular complexity index is 2560. The molecule has 0 saturated heterocycles. The molecule has 4 nitrogen and oxygen atoms in total. The van der Waals surface area contributed by atoms with Crippen LogP contribution in [0.1, 0.15) is 0 Å². The SMILES string of the molecule is c1ccc(-c2ccc(-c3nc(-c4ccccc4)nc(-c4ccc5c(c4)c4cccc(-c6ccccc6)c4n5-c4ccccc4)n3)cc2)cc1. The molecular weight excluding hydrogens is 597 g/mol. The van der Waals surface area contributed by atoms with E-state index < -0.39 is 0 Å². The molecule has 0 fully saturated rings. The van der Waals surface area contributed by atoms with Gasteiger partial charge in [-0.3, -0.25) is 0 Å². The Balaban J connectivity index is 1.24. The molecule has 49 heavy (non-hydrogen) atoms. The van der Waals surface area contributed by atoms with Crippen LogP contribution in [0.3, 0.4) is 0 Å². The summed E-state index contributed by atoms with van der Waals surface area (Å²) in [5.74, 6) is 1.92. The quantitative estimate of drug-likeness (QED) is 0.184. The van der Waals surface area contributed by atoms with Gasteiger partial charge in [0.25, 0.3) is 0 Å². The number of nitrogens with zero attached hydrogens (tertiary/aromatic N) is 4. The number of rotatable bonds is 6. The van der Waals surface area contributed by atoms with Crippen molar-refractivity contribution < 1.29 is 0 Å². The van der Waals surface area contributed by atoms with E-state index in [1.807, 2.05) is 36.4 Å². The minimum absolute atomic E-state index is 0.637. The van der Waals surface area contributed by atoms with Gasteiger partial charge < -0.3 is 4.57 Å². The highest BCUT2D eigenvalue weighted by Crippen LogP contribution is 2.39. The lowest BCUT2D eigenvalue weighted by atomic mass is 10.0. The maximum atomic E-state index is 5.09. The summed E-state index contributed by atoms with van der Waals surface area (Å²) in [5, 5.41) is 2.32. The van der Waals surface area contributed by atoms with E-state index in [0.29, 0.717) is 17.5 Å². The zero-order valence-electron chi connectivity index (χ0n) is 26.6. The van der Waals surface area contributed by atoms with Crippen LogP contribution in [-0.2, 0) is 0 Å². The number of para-hydroxylation sites is 2. The third kappa shape index (κ3) is 5.26. The molecule has 9 aromatic rings. The van der Waals surface area contributed by atoms with Gasteiger partial charge in [0.2, 0.25) is 0 Å². The van der Waals surface area contributed by atoms with Crippen LogP contribution < -0.4 is 0 Å². The average Bonchev–Trinajstić information content (AvgIpc) is 3.53. The van der Waals surface area contributed by atoms with Crippen LogP contribution in [-0.4, -0.2) is 19.5 Å². The van der Waals surface area contributed by atoms with Gasteiger partial charge in [0.05, 0.1) is 11.0 Å². The topological polar surface area (TPSA) is 43.6 Å². The molecule has 4 heteroatoms. The normalized spacial score (nSPS) is 11.3. The molecule has 0 atom stereocenters. The molecule has 0 radical (unpaired) electrons. The number of aromatic nitrogens is 4. The van der Waals surface area contributed by atoms with E-state index in [2.05, 4.69) is 150 Å². The van der Waals surface area contributed by atoms with Crippen LogP contribution in [0.25, 0.3) is 83.9 Å². The van der Waals surface area contributed by atoms with Crippen LogP contribution in [0, 0.1) is 0 Å². The molecule has 0 bridgehead atoms. The first kappa shape index (κ1) is 28.6. The fourth-order valence-electron chi connectivity index (χ4n) is 6.70. The zero-order chi connectivity index (χ0) is 32.6. The molecule has 0 spiro atoms. The molecule has 0 amide bonds. The van der Waals surface area contributed by atoms with Crippen molar-refractivity contribution in [2.45, 2.75) is 0 Å². The average molecular weight is 627 g/mol. The first-order valence-electron chi connectivity index (χ1n) is 16.5. The Morgan fingerprint density at radius 2 is 0.796 bits per heavy atom. The first-order chi connectivity index (χ1) is 24.3. The van der Waals surface area contributed by atoms with Gasteiger partial charge in [0, 0.05) is 38.7 Å². The van der Waals surface area contributed by atoms with E-state index in [0.717, 1.165) is 38.8 Å². The second-order valence-corrected chi connectivity index (χ2v) is 12.1. The van der Waals surface area contributed by atoms with Crippen LogP contribution in [0.2, 0.25) is 0 Å². The van der Waals surface area contributed by atoms with Gasteiger partial charge in [-0.1, -0.05) is 152 Å². The van der Waals surface area contributed by atoms with Crippen molar-refractivity contribution in [2.75, 3.05) is 0 Å². The fraction of sp³-hybridized carbons (Fsp3) is 0. The summed E-state index contributed by atoms with van der Waals surface area (Å²) in [5.41, 5.74) is 10.9. The van der Waals surface area contributed by atoms with Crippen molar-refractivity contribution in [2.24, 2.45) is 0 Å². The zero-order valence-corrected chi connectivity index (χ0v) is 26.6.